The Kier molecular flexibility index (Phi) is 5.41. The number of allylic oxidation sites excluding steroid dienone is 1. The molecule has 7 nitrogen and oxygen atoms in total. The van der Waals surface area contributed by atoms with Gasteiger partial charge in [0.15, 0.2) is 0 Å². The Hall–Kier alpha value is -3.16. The number of ether oxygens (including phenoxy) is 1. The quantitative estimate of drug-likeness (QED) is 0.269. The van der Waals surface area contributed by atoms with Crippen molar-refractivity contribution in [2.45, 2.75) is 31.6 Å². The van der Waals surface area contributed by atoms with E-state index < -0.39 is 0 Å². The second-order valence-electron chi connectivity index (χ2n) is 10.5. The van der Waals surface area contributed by atoms with Crippen molar-refractivity contribution in [1.82, 2.24) is 20.1 Å². The summed E-state index contributed by atoms with van der Waals surface area (Å²) in [5.74, 6) is 3.62. The predicted octanol–water partition coefficient (Wildman–Crippen LogP) is 6.80. The number of nitrogens with zero attached hydrogens (tertiary/aromatic N) is 5. The Morgan fingerprint density at radius 2 is 1.89 bits per heavy atom. The van der Waals surface area contributed by atoms with Crippen LogP contribution in [0, 0.1) is 11.3 Å². The molecular weight excluding hydrogens is 509 g/mol. The summed E-state index contributed by atoms with van der Waals surface area (Å²) in [6.07, 6.45) is 14.0. The molecule has 5 heterocycles. The zero-order chi connectivity index (χ0) is 25.1. The molecule has 37 heavy (non-hydrogen) atoms. The molecule has 3 fully saturated rings. The summed E-state index contributed by atoms with van der Waals surface area (Å²) in [5.41, 5.74) is 4.40. The van der Waals surface area contributed by atoms with Gasteiger partial charge in [-0.2, -0.15) is 0 Å². The third-order valence-electron chi connectivity index (χ3n) is 7.85. The molecule has 0 N–H and O–H groups in total. The lowest BCUT2D eigenvalue weighted by Gasteiger charge is -2.59. The molecule has 0 unspecified atom stereocenters. The smallest absolute Gasteiger partial charge is 0.148 e. The maximum absolute atomic E-state index is 6.45. The molecule has 0 atom stereocenters. The van der Waals surface area contributed by atoms with Gasteiger partial charge in [-0.3, -0.25) is 9.97 Å². The van der Waals surface area contributed by atoms with Gasteiger partial charge < -0.3 is 14.2 Å². The van der Waals surface area contributed by atoms with Crippen LogP contribution >= 0.6 is 23.2 Å². The second kappa shape index (κ2) is 8.71. The zero-order valence-electron chi connectivity index (χ0n) is 20.3. The van der Waals surface area contributed by atoms with E-state index in [1.807, 2.05) is 12.1 Å². The van der Waals surface area contributed by atoms with Gasteiger partial charge in [0.25, 0.3) is 0 Å². The summed E-state index contributed by atoms with van der Waals surface area (Å²) in [5, 5.41) is 5.33. The van der Waals surface area contributed by atoms with Crippen LogP contribution in [0.1, 0.15) is 42.9 Å². The van der Waals surface area contributed by atoms with Crippen LogP contribution in [0.5, 0.6) is 5.75 Å². The summed E-state index contributed by atoms with van der Waals surface area (Å²) < 4.78 is 11.3. The molecule has 3 aliphatic rings. The molecule has 0 radical (unpaired) electrons. The number of halogens is 2. The van der Waals surface area contributed by atoms with E-state index >= 15 is 0 Å². The SMILES string of the molecule is COc1ccnc2ccc(N3CC4(CC(/C=C/c5c(-c6c(Cl)cncc6Cl)noc5C5CC5)C4)C3)nc12. The topological polar surface area (TPSA) is 77.2 Å². The highest BCUT2D eigenvalue weighted by atomic mass is 35.5. The third-order valence-corrected chi connectivity index (χ3v) is 8.42. The first-order chi connectivity index (χ1) is 18.0. The van der Waals surface area contributed by atoms with Crippen molar-refractivity contribution >= 4 is 46.1 Å². The fourth-order valence-electron chi connectivity index (χ4n) is 5.87. The van der Waals surface area contributed by atoms with E-state index in [0.717, 1.165) is 72.7 Å². The molecule has 0 aromatic carbocycles. The monoisotopic (exact) mass is 533 g/mol. The Balaban J connectivity index is 1.06. The average molecular weight is 534 g/mol. The van der Waals surface area contributed by atoms with Crippen LogP contribution in [-0.2, 0) is 0 Å². The molecule has 1 saturated heterocycles. The van der Waals surface area contributed by atoms with Crippen molar-refractivity contribution in [3.05, 3.63) is 64.2 Å². The van der Waals surface area contributed by atoms with E-state index in [1.165, 1.54) is 0 Å². The number of hydrogen-bond acceptors (Lipinski definition) is 7. The largest absolute Gasteiger partial charge is 0.494 e. The highest BCUT2D eigenvalue weighted by molar-refractivity contribution is 6.39. The van der Waals surface area contributed by atoms with E-state index in [2.05, 4.69) is 38.2 Å². The molecule has 2 saturated carbocycles. The van der Waals surface area contributed by atoms with Crippen LogP contribution in [-0.4, -0.2) is 40.3 Å². The summed E-state index contributed by atoms with van der Waals surface area (Å²) in [7, 11) is 1.67. The molecule has 1 aliphatic heterocycles. The van der Waals surface area contributed by atoms with Crippen LogP contribution in [0.25, 0.3) is 28.4 Å². The first-order valence-corrected chi connectivity index (χ1v) is 13.3. The lowest BCUT2D eigenvalue weighted by Crippen LogP contribution is -2.62. The minimum Gasteiger partial charge on any atom is -0.494 e. The first kappa shape index (κ1) is 23.0. The van der Waals surface area contributed by atoms with Crippen LogP contribution in [0.15, 0.2) is 47.4 Å². The van der Waals surface area contributed by atoms with Crippen molar-refractivity contribution < 1.29 is 9.26 Å². The molecule has 188 valence electrons. The lowest BCUT2D eigenvalue weighted by molar-refractivity contribution is 0.0480. The number of rotatable bonds is 6. The Morgan fingerprint density at radius 1 is 1.11 bits per heavy atom. The zero-order valence-corrected chi connectivity index (χ0v) is 21.8. The first-order valence-electron chi connectivity index (χ1n) is 12.6. The summed E-state index contributed by atoms with van der Waals surface area (Å²) in [4.78, 5) is 15.7. The van der Waals surface area contributed by atoms with E-state index in [0.29, 0.717) is 38.6 Å². The van der Waals surface area contributed by atoms with Crippen molar-refractivity contribution in [2.24, 2.45) is 11.3 Å². The Morgan fingerprint density at radius 3 is 2.62 bits per heavy atom. The minimum absolute atomic E-state index is 0.360. The molecule has 2 aliphatic carbocycles. The summed E-state index contributed by atoms with van der Waals surface area (Å²) in [6.45, 7) is 2.04. The van der Waals surface area contributed by atoms with Gasteiger partial charge in [-0.15, -0.1) is 0 Å². The normalized spacial score (nSPS) is 18.9. The Labute approximate surface area is 224 Å². The average Bonchev–Trinajstić information content (AvgIpc) is 3.62. The maximum atomic E-state index is 6.45. The number of pyridine rings is 3. The van der Waals surface area contributed by atoms with E-state index in [-0.39, 0.29) is 0 Å². The number of hydrogen-bond donors (Lipinski definition) is 0. The Bertz CT molecular complexity index is 1510. The molecule has 0 bridgehead atoms. The molecule has 7 rings (SSSR count). The highest BCUT2D eigenvalue weighted by Crippen LogP contribution is 2.54. The number of fused-ring (bicyclic) bond motifs is 1. The maximum Gasteiger partial charge on any atom is 0.148 e. The molecule has 9 heteroatoms. The van der Waals surface area contributed by atoms with Gasteiger partial charge >= 0.3 is 0 Å². The van der Waals surface area contributed by atoms with Gasteiger partial charge in [0.2, 0.25) is 0 Å². The third kappa shape index (κ3) is 3.96. The number of anilines is 1. The number of methoxy groups -OCH3 is 1. The van der Waals surface area contributed by atoms with Gasteiger partial charge in [0, 0.05) is 60.2 Å². The molecule has 4 aromatic rings. The van der Waals surface area contributed by atoms with E-state index in [4.69, 9.17) is 37.4 Å². The fraction of sp³-hybridized carbons (Fsp3) is 0.357. The number of aromatic nitrogens is 4. The van der Waals surface area contributed by atoms with Gasteiger partial charge in [0.1, 0.15) is 28.5 Å². The van der Waals surface area contributed by atoms with Crippen molar-refractivity contribution in [1.29, 1.82) is 0 Å². The van der Waals surface area contributed by atoms with Crippen molar-refractivity contribution in [2.75, 3.05) is 25.1 Å². The fourth-order valence-corrected chi connectivity index (χ4v) is 6.41. The van der Waals surface area contributed by atoms with Gasteiger partial charge in [-0.1, -0.05) is 40.5 Å². The van der Waals surface area contributed by atoms with E-state index in [1.54, 1.807) is 25.7 Å². The minimum atomic E-state index is 0.360. The standard InChI is InChI=1S/C28H25Cl2N5O2/c1-36-22-8-9-32-21-6-7-23(33-26(21)22)35-14-28(15-35)10-16(11-28)2-5-18-25(34-37-27(18)17-3-4-17)24-19(29)12-31-13-20(24)30/h2,5-9,12-13,16-17H,3-4,10-11,14-15H2,1H3/b5-2+. The van der Waals surface area contributed by atoms with Gasteiger partial charge in [-0.25, -0.2) is 4.98 Å². The van der Waals surface area contributed by atoms with Crippen molar-refractivity contribution in [3.8, 4) is 17.0 Å². The van der Waals surface area contributed by atoms with Crippen LogP contribution in [0.4, 0.5) is 5.82 Å². The molecule has 1 spiro atoms. The van der Waals surface area contributed by atoms with Crippen LogP contribution in [0.2, 0.25) is 10.0 Å². The van der Waals surface area contributed by atoms with Crippen LogP contribution < -0.4 is 9.64 Å². The van der Waals surface area contributed by atoms with Crippen LogP contribution in [0.3, 0.4) is 0 Å². The van der Waals surface area contributed by atoms with Crippen molar-refractivity contribution in [3.63, 3.8) is 0 Å². The lowest BCUT2D eigenvalue weighted by atomic mass is 9.57. The molecule has 0 amide bonds. The van der Waals surface area contributed by atoms with Gasteiger partial charge in [0.05, 0.1) is 22.7 Å². The highest BCUT2D eigenvalue weighted by Gasteiger charge is 2.51. The molecule has 4 aromatic heterocycles. The van der Waals surface area contributed by atoms with E-state index in [9.17, 15) is 0 Å². The molecular formula is C28H25Cl2N5O2. The predicted molar refractivity (Wildman–Crippen MR) is 144 cm³/mol. The van der Waals surface area contributed by atoms with Gasteiger partial charge in [-0.05, 0) is 43.7 Å². The summed E-state index contributed by atoms with van der Waals surface area (Å²) in [6, 6.07) is 5.93. The summed E-state index contributed by atoms with van der Waals surface area (Å²) >= 11 is 12.9. The second-order valence-corrected chi connectivity index (χ2v) is 11.3.